The van der Waals surface area contributed by atoms with Gasteiger partial charge in [-0.2, -0.15) is 5.10 Å². The van der Waals surface area contributed by atoms with Gasteiger partial charge in [-0.15, -0.1) is 0 Å². The van der Waals surface area contributed by atoms with E-state index in [0.29, 0.717) is 13.0 Å². The third-order valence-corrected chi connectivity index (χ3v) is 3.13. The van der Waals surface area contributed by atoms with E-state index in [0.717, 1.165) is 10.1 Å². The normalized spacial score (nSPS) is 10.8. The van der Waals surface area contributed by atoms with Crippen LogP contribution >= 0.6 is 0 Å². The molecule has 0 aliphatic carbocycles. The Bertz CT molecular complexity index is 767. The molecule has 0 unspecified atom stereocenters. The predicted molar refractivity (Wildman–Crippen MR) is 72.9 cm³/mol. The maximum atomic E-state index is 12.0. The van der Waals surface area contributed by atoms with Crippen molar-refractivity contribution in [1.82, 2.24) is 18.9 Å². The highest BCUT2D eigenvalue weighted by atomic mass is 16.2. The first-order valence-corrected chi connectivity index (χ1v) is 6.19. The van der Waals surface area contributed by atoms with Crippen LogP contribution in [0.25, 0.3) is 0 Å². The first-order chi connectivity index (χ1) is 9.40. The highest BCUT2D eigenvalue weighted by molar-refractivity contribution is 5.93. The maximum Gasteiger partial charge on any atom is 0.330 e. The van der Waals surface area contributed by atoms with Gasteiger partial charge in [0, 0.05) is 33.0 Å². The monoisotopic (exact) mass is 276 g/mol. The fourth-order valence-electron chi connectivity index (χ4n) is 1.98. The SMILES string of the molecule is CC(=O)c1cn(CCc2cnn(C)c2)c(=O)n(C)c1=O. The Labute approximate surface area is 115 Å². The number of ketones is 1. The van der Waals surface area contributed by atoms with Crippen molar-refractivity contribution in [2.24, 2.45) is 14.1 Å². The molecule has 20 heavy (non-hydrogen) atoms. The van der Waals surface area contributed by atoms with Crippen LogP contribution in [0.5, 0.6) is 0 Å². The van der Waals surface area contributed by atoms with E-state index in [1.54, 1.807) is 10.9 Å². The maximum absolute atomic E-state index is 12.0. The molecule has 0 spiro atoms. The molecular weight excluding hydrogens is 260 g/mol. The molecule has 0 aliphatic rings. The Balaban J connectivity index is 2.34. The molecule has 0 fully saturated rings. The zero-order valence-corrected chi connectivity index (χ0v) is 11.7. The van der Waals surface area contributed by atoms with E-state index in [9.17, 15) is 14.4 Å². The number of rotatable bonds is 4. The Morgan fingerprint density at radius 2 is 1.95 bits per heavy atom. The van der Waals surface area contributed by atoms with Gasteiger partial charge in [0.1, 0.15) is 0 Å². The summed E-state index contributed by atoms with van der Waals surface area (Å²) >= 11 is 0. The van der Waals surface area contributed by atoms with Crippen molar-refractivity contribution in [3.05, 3.63) is 50.6 Å². The number of Topliss-reactive ketones (excluding diaryl/α,β-unsaturated/α-hetero) is 1. The van der Waals surface area contributed by atoms with Gasteiger partial charge in [0.15, 0.2) is 5.78 Å². The van der Waals surface area contributed by atoms with Gasteiger partial charge in [0.2, 0.25) is 0 Å². The second kappa shape index (κ2) is 5.28. The van der Waals surface area contributed by atoms with E-state index in [4.69, 9.17) is 0 Å². The van der Waals surface area contributed by atoms with Crippen LogP contribution < -0.4 is 11.2 Å². The summed E-state index contributed by atoms with van der Waals surface area (Å²) < 4.78 is 4.02. The summed E-state index contributed by atoms with van der Waals surface area (Å²) in [5, 5.41) is 4.05. The molecule has 2 heterocycles. The molecular formula is C13H16N4O3. The number of carbonyl (C=O) groups is 1. The summed E-state index contributed by atoms with van der Waals surface area (Å²) in [5.41, 5.74) is 0.0277. The van der Waals surface area contributed by atoms with Crippen molar-refractivity contribution in [3.8, 4) is 0 Å². The average molecular weight is 276 g/mol. The van der Waals surface area contributed by atoms with Crippen molar-refractivity contribution < 1.29 is 4.79 Å². The lowest BCUT2D eigenvalue weighted by molar-refractivity contribution is 0.101. The molecule has 2 rings (SSSR count). The molecule has 0 saturated carbocycles. The second-order valence-corrected chi connectivity index (χ2v) is 4.71. The van der Waals surface area contributed by atoms with E-state index in [1.807, 2.05) is 13.2 Å². The first-order valence-electron chi connectivity index (χ1n) is 6.19. The van der Waals surface area contributed by atoms with Gasteiger partial charge in [-0.3, -0.25) is 23.4 Å². The van der Waals surface area contributed by atoms with Crippen LogP contribution in [0.2, 0.25) is 0 Å². The van der Waals surface area contributed by atoms with Gasteiger partial charge >= 0.3 is 5.69 Å². The van der Waals surface area contributed by atoms with Gasteiger partial charge in [0.25, 0.3) is 5.56 Å². The topological polar surface area (TPSA) is 78.9 Å². The van der Waals surface area contributed by atoms with E-state index in [1.165, 1.54) is 24.7 Å². The largest absolute Gasteiger partial charge is 0.330 e. The molecule has 0 aromatic carbocycles. The Morgan fingerprint density at radius 1 is 1.25 bits per heavy atom. The molecule has 0 radical (unpaired) electrons. The zero-order chi connectivity index (χ0) is 14.9. The number of carbonyl (C=O) groups excluding carboxylic acids is 1. The van der Waals surface area contributed by atoms with E-state index < -0.39 is 11.2 Å². The summed E-state index contributed by atoms with van der Waals surface area (Å²) in [5.74, 6) is -0.347. The van der Waals surface area contributed by atoms with Crippen LogP contribution in [-0.4, -0.2) is 24.7 Å². The average Bonchev–Trinajstić information content (AvgIpc) is 2.80. The molecule has 2 aromatic rings. The molecule has 2 aromatic heterocycles. The van der Waals surface area contributed by atoms with Crippen LogP contribution in [-0.2, 0) is 27.1 Å². The summed E-state index contributed by atoms with van der Waals surface area (Å²) in [6, 6.07) is 0. The summed E-state index contributed by atoms with van der Waals surface area (Å²) in [4.78, 5) is 35.2. The summed E-state index contributed by atoms with van der Waals surface area (Å²) in [6.07, 6.45) is 5.52. The molecule has 7 nitrogen and oxygen atoms in total. The van der Waals surface area contributed by atoms with Gasteiger partial charge in [0.05, 0.1) is 11.8 Å². The third-order valence-electron chi connectivity index (χ3n) is 3.13. The lowest BCUT2D eigenvalue weighted by Crippen LogP contribution is -2.40. The predicted octanol–water partition coefficient (Wildman–Crippen LogP) is -0.274. The van der Waals surface area contributed by atoms with Crippen LogP contribution in [0.3, 0.4) is 0 Å². The molecule has 0 aliphatic heterocycles. The Kier molecular flexibility index (Phi) is 3.69. The van der Waals surface area contributed by atoms with Crippen molar-refractivity contribution in [3.63, 3.8) is 0 Å². The highest BCUT2D eigenvalue weighted by Crippen LogP contribution is 2.00. The van der Waals surface area contributed by atoms with Crippen molar-refractivity contribution in [2.45, 2.75) is 19.9 Å². The second-order valence-electron chi connectivity index (χ2n) is 4.71. The molecule has 0 N–H and O–H groups in total. The minimum absolute atomic E-state index is 0.0262. The fraction of sp³-hybridized carbons (Fsp3) is 0.385. The van der Waals surface area contributed by atoms with E-state index in [2.05, 4.69) is 5.10 Å². The van der Waals surface area contributed by atoms with Crippen LogP contribution in [0.15, 0.2) is 28.2 Å². The highest BCUT2D eigenvalue weighted by Gasteiger charge is 2.12. The number of aryl methyl sites for hydroxylation is 3. The quantitative estimate of drug-likeness (QED) is 0.720. The number of hydrogen-bond donors (Lipinski definition) is 0. The van der Waals surface area contributed by atoms with Gasteiger partial charge in [-0.05, 0) is 18.9 Å². The van der Waals surface area contributed by atoms with Crippen LogP contribution in [0.4, 0.5) is 0 Å². The number of aromatic nitrogens is 4. The lowest BCUT2D eigenvalue weighted by atomic mass is 10.2. The minimum Gasteiger partial charge on any atom is -0.299 e. The van der Waals surface area contributed by atoms with Crippen molar-refractivity contribution in [1.29, 1.82) is 0 Å². The molecule has 0 bridgehead atoms. The van der Waals surface area contributed by atoms with E-state index >= 15 is 0 Å². The van der Waals surface area contributed by atoms with Gasteiger partial charge < -0.3 is 0 Å². The van der Waals surface area contributed by atoms with Gasteiger partial charge in [-0.1, -0.05) is 0 Å². The van der Waals surface area contributed by atoms with Gasteiger partial charge in [-0.25, -0.2) is 4.79 Å². The zero-order valence-electron chi connectivity index (χ0n) is 11.7. The Hall–Kier alpha value is -2.44. The van der Waals surface area contributed by atoms with Crippen molar-refractivity contribution in [2.75, 3.05) is 0 Å². The molecule has 0 amide bonds. The molecule has 0 saturated heterocycles. The van der Waals surface area contributed by atoms with Crippen LogP contribution in [0.1, 0.15) is 22.8 Å². The minimum atomic E-state index is -0.555. The fourth-order valence-corrected chi connectivity index (χ4v) is 1.98. The number of nitrogens with zero attached hydrogens (tertiary/aromatic N) is 4. The Morgan fingerprint density at radius 3 is 2.50 bits per heavy atom. The van der Waals surface area contributed by atoms with Crippen molar-refractivity contribution >= 4 is 5.78 Å². The molecule has 0 atom stereocenters. The number of hydrogen-bond acceptors (Lipinski definition) is 4. The lowest BCUT2D eigenvalue weighted by Gasteiger charge is -2.08. The third kappa shape index (κ3) is 2.61. The first kappa shape index (κ1) is 14.0. The summed E-state index contributed by atoms with van der Waals surface area (Å²) in [7, 11) is 3.19. The van der Waals surface area contributed by atoms with Crippen LogP contribution in [0, 0.1) is 0 Å². The van der Waals surface area contributed by atoms with E-state index in [-0.39, 0.29) is 11.3 Å². The smallest absolute Gasteiger partial charge is 0.299 e. The standard InChI is InChI=1S/C13H16N4O3/c1-9(18)11-8-17(13(20)16(3)12(11)19)5-4-10-6-14-15(2)7-10/h6-8H,4-5H2,1-3H3. The molecule has 106 valence electrons. The molecule has 7 heteroatoms. The summed E-state index contributed by atoms with van der Waals surface area (Å²) in [6.45, 7) is 1.70.